The molecule has 24 heavy (non-hydrogen) atoms. The highest BCUT2D eigenvalue weighted by Gasteiger charge is 2.06. The van der Waals surface area contributed by atoms with E-state index in [1.165, 1.54) is 92.5 Å². The number of benzene rings is 2. The van der Waals surface area contributed by atoms with Crippen molar-refractivity contribution in [3.05, 3.63) is 47.5 Å². The van der Waals surface area contributed by atoms with E-state index in [2.05, 4.69) is 43.3 Å². The highest BCUT2D eigenvalue weighted by molar-refractivity contribution is 6.18. The Labute approximate surface area is 153 Å². The third kappa shape index (κ3) is 6.13. The molecule has 1 heteroatoms. The molecule has 0 fully saturated rings. The average Bonchev–Trinajstić information content (AvgIpc) is 2.62. The normalized spacial score (nSPS) is 11.2. The van der Waals surface area contributed by atoms with Gasteiger partial charge in [-0.15, -0.1) is 11.6 Å². The van der Waals surface area contributed by atoms with Gasteiger partial charge in [0.2, 0.25) is 0 Å². The van der Waals surface area contributed by atoms with Crippen molar-refractivity contribution >= 4 is 22.4 Å². The predicted octanol–water partition coefficient (Wildman–Crippen LogP) is 8.04. The van der Waals surface area contributed by atoms with Crippen LogP contribution in [0.2, 0.25) is 0 Å². The molecule has 0 N–H and O–H groups in total. The number of rotatable bonds is 12. The van der Waals surface area contributed by atoms with Gasteiger partial charge >= 0.3 is 0 Å². The second-order valence-corrected chi connectivity index (χ2v) is 7.26. The van der Waals surface area contributed by atoms with Gasteiger partial charge in [-0.3, -0.25) is 0 Å². The molecule has 0 spiro atoms. The molecule has 0 saturated heterocycles. The summed E-state index contributed by atoms with van der Waals surface area (Å²) in [6, 6.07) is 13.1. The SMILES string of the molecule is CCCCCCCCCCCCc1ccc2ccccc2c1CCl. The van der Waals surface area contributed by atoms with Crippen molar-refractivity contribution in [2.24, 2.45) is 0 Å². The van der Waals surface area contributed by atoms with E-state index < -0.39 is 0 Å². The first-order chi connectivity index (χ1) is 11.9. The monoisotopic (exact) mass is 344 g/mol. The van der Waals surface area contributed by atoms with Gasteiger partial charge in [-0.25, -0.2) is 0 Å². The zero-order chi connectivity index (χ0) is 17.0. The first kappa shape index (κ1) is 19.3. The van der Waals surface area contributed by atoms with Gasteiger partial charge in [0.1, 0.15) is 0 Å². The summed E-state index contributed by atoms with van der Waals surface area (Å²) < 4.78 is 0. The molecule has 0 heterocycles. The molecule has 0 radical (unpaired) electrons. The molecule has 2 aromatic carbocycles. The van der Waals surface area contributed by atoms with E-state index >= 15 is 0 Å². The summed E-state index contributed by atoms with van der Waals surface area (Å²) >= 11 is 6.24. The molecule has 0 aliphatic rings. The van der Waals surface area contributed by atoms with Gasteiger partial charge in [0.25, 0.3) is 0 Å². The van der Waals surface area contributed by atoms with Crippen molar-refractivity contribution in [2.75, 3.05) is 0 Å². The van der Waals surface area contributed by atoms with Crippen LogP contribution in [0.15, 0.2) is 36.4 Å². The summed E-state index contributed by atoms with van der Waals surface area (Å²) in [6.45, 7) is 2.28. The highest BCUT2D eigenvalue weighted by Crippen LogP contribution is 2.25. The third-order valence-corrected chi connectivity index (χ3v) is 5.34. The number of halogens is 1. The molecule has 0 aromatic heterocycles. The Morgan fingerprint density at radius 2 is 1.33 bits per heavy atom. The minimum absolute atomic E-state index is 0.619. The Morgan fingerprint density at radius 1 is 0.708 bits per heavy atom. The van der Waals surface area contributed by atoms with Crippen LogP contribution in [0, 0.1) is 0 Å². The van der Waals surface area contributed by atoms with Crippen molar-refractivity contribution in [1.82, 2.24) is 0 Å². The van der Waals surface area contributed by atoms with Crippen molar-refractivity contribution in [3.63, 3.8) is 0 Å². The van der Waals surface area contributed by atoms with Crippen LogP contribution in [-0.4, -0.2) is 0 Å². The van der Waals surface area contributed by atoms with E-state index in [9.17, 15) is 0 Å². The van der Waals surface area contributed by atoms with E-state index in [-0.39, 0.29) is 0 Å². The molecular weight excluding hydrogens is 312 g/mol. The largest absolute Gasteiger partial charge is 0.122 e. The Hall–Kier alpha value is -1.01. The summed E-state index contributed by atoms with van der Waals surface area (Å²) in [4.78, 5) is 0. The maximum Gasteiger partial charge on any atom is 0.0482 e. The highest BCUT2D eigenvalue weighted by atomic mass is 35.5. The number of fused-ring (bicyclic) bond motifs is 1. The number of alkyl halides is 1. The van der Waals surface area contributed by atoms with E-state index in [0.717, 1.165) is 0 Å². The molecule has 132 valence electrons. The van der Waals surface area contributed by atoms with Gasteiger partial charge in [-0.1, -0.05) is 101 Å². The summed E-state index contributed by atoms with van der Waals surface area (Å²) in [7, 11) is 0. The van der Waals surface area contributed by atoms with Crippen LogP contribution in [0.3, 0.4) is 0 Å². The van der Waals surface area contributed by atoms with Gasteiger partial charge in [0.15, 0.2) is 0 Å². The van der Waals surface area contributed by atoms with Crippen LogP contribution in [0.5, 0.6) is 0 Å². The second kappa shape index (κ2) is 11.5. The maximum absolute atomic E-state index is 6.24. The van der Waals surface area contributed by atoms with Gasteiger partial charge in [-0.2, -0.15) is 0 Å². The molecule has 0 atom stereocenters. The lowest BCUT2D eigenvalue weighted by atomic mass is 9.96. The summed E-state index contributed by atoms with van der Waals surface area (Å²) in [5.74, 6) is 0.619. The smallest absolute Gasteiger partial charge is 0.0482 e. The van der Waals surface area contributed by atoms with Gasteiger partial charge < -0.3 is 0 Å². The van der Waals surface area contributed by atoms with Crippen LogP contribution in [0.1, 0.15) is 82.3 Å². The van der Waals surface area contributed by atoms with Crippen molar-refractivity contribution in [1.29, 1.82) is 0 Å². The zero-order valence-corrected chi connectivity index (χ0v) is 16.1. The van der Waals surface area contributed by atoms with Crippen molar-refractivity contribution < 1.29 is 0 Å². The molecule has 0 amide bonds. The standard InChI is InChI=1S/C23H33Cl/c1-2-3-4-5-6-7-8-9-10-11-14-21-18-17-20-15-12-13-16-22(20)23(21)19-24/h12-13,15-18H,2-11,14,19H2,1H3. The molecule has 0 aliphatic heterocycles. The quantitative estimate of drug-likeness (QED) is 0.270. The zero-order valence-electron chi connectivity index (χ0n) is 15.3. The number of hydrogen-bond acceptors (Lipinski definition) is 0. The molecule has 0 unspecified atom stereocenters. The topological polar surface area (TPSA) is 0 Å². The molecule has 0 bridgehead atoms. The summed E-state index contributed by atoms with van der Waals surface area (Å²) in [5, 5.41) is 2.64. The Balaban J connectivity index is 1.68. The number of unbranched alkanes of at least 4 members (excludes halogenated alkanes) is 9. The third-order valence-electron chi connectivity index (χ3n) is 5.07. The summed E-state index contributed by atoms with van der Waals surface area (Å²) in [6.07, 6.45) is 15.1. The van der Waals surface area contributed by atoms with Crippen LogP contribution >= 0.6 is 11.6 Å². The minimum atomic E-state index is 0.619. The van der Waals surface area contributed by atoms with E-state index in [0.29, 0.717) is 5.88 Å². The Morgan fingerprint density at radius 3 is 2.00 bits per heavy atom. The second-order valence-electron chi connectivity index (χ2n) is 6.99. The van der Waals surface area contributed by atoms with Crippen LogP contribution < -0.4 is 0 Å². The van der Waals surface area contributed by atoms with Crippen molar-refractivity contribution in [2.45, 2.75) is 83.4 Å². The molecule has 2 aromatic rings. The number of aryl methyl sites for hydroxylation is 1. The molecule has 2 rings (SSSR count). The lowest BCUT2D eigenvalue weighted by Gasteiger charge is -2.11. The van der Waals surface area contributed by atoms with Gasteiger partial charge in [-0.05, 0) is 34.7 Å². The molecule has 0 aliphatic carbocycles. The fourth-order valence-corrected chi connectivity index (χ4v) is 3.89. The Kier molecular flexibility index (Phi) is 9.28. The van der Waals surface area contributed by atoms with Crippen LogP contribution in [-0.2, 0) is 12.3 Å². The first-order valence-electron chi connectivity index (χ1n) is 9.92. The Bertz CT molecular complexity index is 588. The lowest BCUT2D eigenvalue weighted by Crippen LogP contribution is -1.94. The molecule has 0 saturated carbocycles. The van der Waals surface area contributed by atoms with Crippen LogP contribution in [0.25, 0.3) is 10.8 Å². The van der Waals surface area contributed by atoms with E-state index in [1.807, 2.05) is 0 Å². The van der Waals surface area contributed by atoms with Gasteiger partial charge in [0, 0.05) is 5.88 Å². The average molecular weight is 345 g/mol. The first-order valence-corrected chi connectivity index (χ1v) is 10.5. The summed E-state index contributed by atoms with van der Waals surface area (Å²) in [5.41, 5.74) is 2.79. The van der Waals surface area contributed by atoms with Crippen LogP contribution in [0.4, 0.5) is 0 Å². The number of hydrogen-bond donors (Lipinski definition) is 0. The lowest BCUT2D eigenvalue weighted by molar-refractivity contribution is 0.556. The van der Waals surface area contributed by atoms with E-state index in [4.69, 9.17) is 11.6 Å². The van der Waals surface area contributed by atoms with E-state index in [1.54, 1.807) is 0 Å². The fraction of sp³-hybridized carbons (Fsp3) is 0.565. The minimum Gasteiger partial charge on any atom is -0.122 e. The maximum atomic E-state index is 6.24. The predicted molar refractivity (Wildman–Crippen MR) is 109 cm³/mol. The van der Waals surface area contributed by atoms with Crippen molar-refractivity contribution in [3.8, 4) is 0 Å². The van der Waals surface area contributed by atoms with Gasteiger partial charge in [0.05, 0.1) is 0 Å². The molecule has 0 nitrogen and oxygen atoms in total. The molecular formula is C23H33Cl. The fourth-order valence-electron chi connectivity index (χ4n) is 3.58.